The van der Waals surface area contributed by atoms with E-state index < -0.39 is 23.4 Å². The second-order valence-corrected chi connectivity index (χ2v) is 3.88. The van der Waals surface area contributed by atoms with Gasteiger partial charge in [-0.05, 0) is 30.3 Å². The van der Waals surface area contributed by atoms with E-state index in [2.05, 4.69) is 5.32 Å². The lowest BCUT2D eigenvalue weighted by atomic mass is 10.1. The molecule has 2 rings (SSSR count). The Kier molecular flexibility index (Phi) is 3.71. The number of hydrogen-bond donors (Lipinski definition) is 1. The van der Waals surface area contributed by atoms with Gasteiger partial charge in [0.05, 0.1) is 16.8 Å². The third-order valence-corrected chi connectivity index (χ3v) is 2.53. The molecule has 0 aliphatic carbocycles. The van der Waals surface area contributed by atoms with E-state index in [9.17, 15) is 18.0 Å². The van der Waals surface area contributed by atoms with Crippen molar-refractivity contribution in [1.82, 2.24) is 0 Å². The lowest BCUT2D eigenvalue weighted by molar-refractivity contribution is 0.102. The van der Waals surface area contributed by atoms with Gasteiger partial charge in [-0.1, -0.05) is 0 Å². The normalized spacial score (nSPS) is 9.90. The third-order valence-electron chi connectivity index (χ3n) is 2.53. The summed E-state index contributed by atoms with van der Waals surface area (Å²) in [6.07, 6.45) is 0. The van der Waals surface area contributed by atoms with E-state index >= 15 is 0 Å². The van der Waals surface area contributed by atoms with Crippen LogP contribution in [0.5, 0.6) is 0 Å². The Hall–Kier alpha value is -2.81. The summed E-state index contributed by atoms with van der Waals surface area (Å²) in [7, 11) is 0. The number of nitriles is 1. The van der Waals surface area contributed by atoms with Crippen molar-refractivity contribution in [1.29, 1.82) is 5.26 Å². The maximum absolute atomic E-state index is 13.4. The van der Waals surface area contributed by atoms with Crippen LogP contribution < -0.4 is 5.32 Å². The largest absolute Gasteiger partial charge is 0.321 e. The van der Waals surface area contributed by atoms with Crippen LogP contribution in [0, 0.1) is 28.8 Å². The van der Waals surface area contributed by atoms with Crippen molar-refractivity contribution in [3.8, 4) is 6.07 Å². The maximum atomic E-state index is 13.4. The fourth-order valence-corrected chi connectivity index (χ4v) is 1.58. The summed E-state index contributed by atoms with van der Waals surface area (Å²) in [5.41, 5.74) is -0.428. The van der Waals surface area contributed by atoms with Gasteiger partial charge in [0, 0.05) is 6.07 Å². The van der Waals surface area contributed by atoms with Crippen LogP contribution in [0.25, 0.3) is 0 Å². The number of carbonyl (C=O) groups is 1. The van der Waals surface area contributed by atoms with Crippen molar-refractivity contribution in [3.63, 3.8) is 0 Å². The average Bonchev–Trinajstić information content (AvgIpc) is 2.40. The molecule has 1 N–H and O–H groups in total. The molecule has 0 aliphatic heterocycles. The van der Waals surface area contributed by atoms with Crippen LogP contribution in [-0.2, 0) is 0 Å². The summed E-state index contributed by atoms with van der Waals surface area (Å²) < 4.78 is 39.1. The smallest absolute Gasteiger partial charge is 0.258 e. The molecule has 3 nitrogen and oxygen atoms in total. The lowest BCUT2D eigenvalue weighted by Gasteiger charge is -2.07. The first-order valence-corrected chi connectivity index (χ1v) is 5.47. The first kappa shape index (κ1) is 13.6. The van der Waals surface area contributed by atoms with Crippen LogP contribution in [0.4, 0.5) is 18.9 Å². The fraction of sp³-hybridized carbons (Fsp3) is 0. The molecule has 0 radical (unpaired) electrons. The maximum Gasteiger partial charge on any atom is 0.258 e. The zero-order chi connectivity index (χ0) is 14.7. The van der Waals surface area contributed by atoms with Crippen LogP contribution >= 0.6 is 0 Å². The molecule has 0 bridgehead atoms. The molecule has 2 aromatic rings. The zero-order valence-corrected chi connectivity index (χ0v) is 9.95. The Labute approximate surface area is 112 Å². The second-order valence-electron chi connectivity index (χ2n) is 3.88. The van der Waals surface area contributed by atoms with Crippen LogP contribution in [0.1, 0.15) is 15.9 Å². The molecular weight excluding hydrogens is 269 g/mol. The molecule has 0 atom stereocenters. The minimum Gasteiger partial charge on any atom is -0.321 e. The highest BCUT2D eigenvalue weighted by Gasteiger charge is 2.14. The van der Waals surface area contributed by atoms with E-state index in [0.29, 0.717) is 6.07 Å². The number of carbonyl (C=O) groups excluding carboxylic acids is 1. The van der Waals surface area contributed by atoms with Gasteiger partial charge < -0.3 is 5.32 Å². The molecular formula is C14H7F3N2O. The van der Waals surface area contributed by atoms with E-state index in [-0.39, 0.29) is 16.8 Å². The van der Waals surface area contributed by atoms with Gasteiger partial charge in [0.1, 0.15) is 23.5 Å². The Balaban J connectivity index is 2.31. The van der Waals surface area contributed by atoms with E-state index in [1.807, 2.05) is 0 Å². The molecule has 2 aromatic carbocycles. The number of halogens is 3. The SMILES string of the molecule is N#Cc1cc(F)ccc1NC(=O)c1ccc(F)cc1F. The minimum absolute atomic E-state index is 0.0441. The third kappa shape index (κ3) is 2.78. The standard InChI is InChI=1S/C14H7F3N2O/c15-9-2-4-13(8(5-9)7-18)19-14(20)11-3-1-10(16)6-12(11)17/h1-6H,(H,19,20). The van der Waals surface area contributed by atoms with Crippen LogP contribution in [0.15, 0.2) is 36.4 Å². The number of anilines is 1. The minimum atomic E-state index is -1.02. The zero-order valence-electron chi connectivity index (χ0n) is 9.95. The Morgan fingerprint density at radius 3 is 2.35 bits per heavy atom. The highest BCUT2D eigenvalue weighted by molar-refractivity contribution is 6.05. The monoisotopic (exact) mass is 276 g/mol. The number of benzene rings is 2. The molecule has 1 amide bonds. The molecule has 6 heteroatoms. The number of hydrogen-bond acceptors (Lipinski definition) is 2. The first-order chi connectivity index (χ1) is 9.51. The topological polar surface area (TPSA) is 52.9 Å². The van der Waals surface area contributed by atoms with E-state index in [1.54, 1.807) is 6.07 Å². The summed E-state index contributed by atoms with van der Waals surface area (Å²) in [6, 6.07) is 7.38. The van der Waals surface area contributed by atoms with Crippen molar-refractivity contribution in [2.45, 2.75) is 0 Å². The molecule has 0 aliphatic rings. The molecule has 0 aromatic heterocycles. The molecule has 20 heavy (non-hydrogen) atoms. The van der Waals surface area contributed by atoms with E-state index in [0.717, 1.165) is 24.3 Å². The second kappa shape index (κ2) is 5.45. The molecule has 0 fully saturated rings. The lowest BCUT2D eigenvalue weighted by Crippen LogP contribution is -2.14. The highest BCUT2D eigenvalue weighted by Crippen LogP contribution is 2.18. The van der Waals surface area contributed by atoms with Crippen molar-refractivity contribution >= 4 is 11.6 Å². The summed E-state index contributed by atoms with van der Waals surface area (Å²) in [6.45, 7) is 0. The summed E-state index contributed by atoms with van der Waals surface area (Å²) in [5, 5.41) is 11.1. The van der Waals surface area contributed by atoms with Gasteiger partial charge in [-0.2, -0.15) is 5.26 Å². The van der Waals surface area contributed by atoms with Crippen molar-refractivity contribution in [2.24, 2.45) is 0 Å². The van der Waals surface area contributed by atoms with Gasteiger partial charge in [0.2, 0.25) is 0 Å². The Morgan fingerprint density at radius 1 is 1.05 bits per heavy atom. The highest BCUT2D eigenvalue weighted by atomic mass is 19.1. The van der Waals surface area contributed by atoms with Crippen LogP contribution in [0.3, 0.4) is 0 Å². The van der Waals surface area contributed by atoms with Gasteiger partial charge in [0.25, 0.3) is 5.91 Å². The molecule has 0 saturated heterocycles. The van der Waals surface area contributed by atoms with Crippen molar-refractivity contribution < 1.29 is 18.0 Å². The summed E-state index contributed by atoms with van der Waals surface area (Å²) >= 11 is 0. The van der Waals surface area contributed by atoms with Crippen LogP contribution in [-0.4, -0.2) is 5.91 Å². The average molecular weight is 276 g/mol. The molecule has 0 spiro atoms. The molecule has 100 valence electrons. The fourth-order valence-electron chi connectivity index (χ4n) is 1.58. The number of nitrogens with zero attached hydrogens (tertiary/aromatic N) is 1. The van der Waals surface area contributed by atoms with E-state index in [4.69, 9.17) is 5.26 Å². The molecule has 0 heterocycles. The predicted molar refractivity (Wildman–Crippen MR) is 65.4 cm³/mol. The number of rotatable bonds is 2. The Morgan fingerprint density at radius 2 is 1.70 bits per heavy atom. The van der Waals surface area contributed by atoms with Crippen LogP contribution in [0.2, 0.25) is 0 Å². The Bertz CT molecular complexity index is 723. The predicted octanol–water partition coefficient (Wildman–Crippen LogP) is 3.23. The van der Waals surface area contributed by atoms with E-state index in [1.165, 1.54) is 6.07 Å². The number of amides is 1. The van der Waals surface area contributed by atoms with Gasteiger partial charge in [-0.3, -0.25) is 4.79 Å². The summed E-state index contributed by atoms with van der Waals surface area (Å²) in [4.78, 5) is 11.8. The van der Waals surface area contributed by atoms with Gasteiger partial charge >= 0.3 is 0 Å². The van der Waals surface area contributed by atoms with Crippen molar-refractivity contribution in [2.75, 3.05) is 5.32 Å². The van der Waals surface area contributed by atoms with Crippen molar-refractivity contribution in [3.05, 3.63) is 65.0 Å². The van der Waals surface area contributed by atoms with Gasteiger partial charge in [0.15, 0.2) is 0 Å². The first-order valence-electron chi connectivity index (χ1n) is 5.47. The quantitative estimate of drug-likeness (QED) is 0.915. The number of nitrogens with one attached hydrogen (secondary N) is 1. The molecule has 0 unspecified atom stereocenters. The molecule has 0 saturated carbocycles. The van der Waals surface area contributed by atoms with Gasteiger partial charge in [-0.15, -0.1) is 0 Å². The van der Waals surface area contributed by atoms with Gasteiger partial charge in [-0.25, -0.2) is 13.2 Å². The summed E-state index contributed by atoms with van der Waals surface area (Å²) in [5.74, 6) is -3.32.